The average Bonchev–Trinajstić information content (AvgIpc) is 2.06. The fraction of sp³-hybridized carbons (Fsp3) is 0.778. The number of hydrogen-bond donors (Lipinski definition) is 0. The Morgan fingerprint density at radius 1 is 1.55 bits per heavy atom. The minimum Gasteiger partial charge on any atom is -0.346 e. The Labute approximate surface area is 70.4 Å². The molecule has 1 unspecified atom stereocenters. The standard InChI is InChI=1S/C9H15BN/c1-3-5-9-6-4-7-11(8-9)10-2/h9H,4,6-8H2,1-2H3. The third kappa shape index (κ3) is 2.59. The first-order valence-corrected chi connectivity index (χ1v) is 4.32. The SMILES string of the molecule is C[B]N1CCCC(C#CC)C1. The monoisotopic (exact) mass is 148 g/mol. The first-order chi connectivity index (χ1) is 5.36. The number of hydrogen-bond acceptors (Lipinski definition) is 1. The van der Waals surface area contributed by atoms with Crippen LogP contribution in [0.1, 0.15) is 19.8 Å². The maximum absolute atomic E-state index is 3.24. The van der Waals surface area contributed by atoms with Gasteiger partial charge in [0.2, 0.25) is 7.41 Å². The second-order valence-electron chi connectivity index (χ2n) is 2.99. The van der Waals surface area contributed by atoms with E-state index in [4.69, 9.17) is 0 Å². The zero-order valence-electron chi connectivity index (χ0n) is 7.43. The van der Waals surface area contributed by atoms with Crippen LogP contribution < -0.4 is 0 Å². The summed E-state index contributed by atoms with van der Waals surface area (Å²) in [5.41, 5.74) is 0. The molecule has 1 radical (unpaired) electrons. The van der Waals surface area contributed by atoms with Crippen molar-refractivity contribution in [3.05, 3.63) is 0 Å². The molecule has 0 saturated carbocycles. The lowest BCUT2D eigenvalue weighted by atomic mass is 9.88. The molecule has 1 aliphatic heterocycles. The molecular weight excluding hydrogens is 133 g/mol. The van der Waals surface area contributed by atoms with Crippen LogP contribution in [0.5, 0.6) is 0 Å². The molecule has 0 aromatic heterocycles. The van der Waals surface area contributed by atoms with Crippen molar-refractivity contribution < 1.29 is 0 Å². The molecule has 1 heterocycles. The molecule has 59 valence electrons. The van der Waals surface area contributed by atoms with Gasteiger partial charge < -0.3 is 4.81 Å². The van der Waals surface area contributed by atoms with Crippen LogP contribution >= 0.6 is 0 Å². The van der Waals surface area contributed by atoms with Gasteiger partial charge in [-0.1, -0.05) is 12.7 Å². The first kappa shape index (κ1) is 8.68. The maximum atomic E-state index is 3.24. The fourth-order valence-corrected chi connectivity index (χ4v) is 1.56. The topological polar surface area (TPSA) is 3.24 Å². The number of piperidine rings is 1. The van der Waals surface area contributed by atoms with Crippen LogP contribution in [0.25, 0.3) is 0 Å². The van der Waals surface area contributed by atoms with E-state index < -0.39 is 0 Å². The molecule has 11 heavy (non-hydrogen) atoms. The van der Waals surface area contributed by atoms with Crippen LogP contribution in [-0.2, 0) is 0 Å². The van der Waals surface area contributed by atoms with Crippen molar-refractivity contribution in [2.24, 2.45) is 5.92 Å². The van der Waals surface area contributed by atoms with Gasteiger partial charge in [-0.15, -0.1) is 5.92 Å². The molecule has 0 N–H and O–H groups in total. The molecule has 0 aromatic carbocycles. The van der Waals surface area contributed by atoms with E-state index >= 15 is 0 Å². The van der Waals surface area contributed by atoms with Crippen molar-refractivity contribution in [3.8, 4) is 11.8 Å². The van der Waals surface area contributed by atoms with Crippen LogP contribution in [0.4, 0.5) is 0 Å². The van der Waals surface area contributed by atoms with Gasteiger partial charge in [0.15, 0.2) is 0 Å². The van der Waals surface area contributed by atoms with Crippen LogP contribution in [0.15, 0.2) is 0 Å². The van der Waals surface area contributed by atoms with Crippen LogP contribution in [0.3, 0.4) is 0 Å². The molecule has 2 heteroatoms. The summed E-state index contributed by atoms with van der Waals surface area (Å²) in [6, 6.07) is 0. The van der Waals surface area contributed by atoms with Gasteiger partial charge in [0.05, 0.1) is 0 Å². The number of rotatable bonds is 1. The highest BCUT2D eigenvalue weighted by atomic mass is 15.0. The van der Waals surface area contributed by atoms with Gasteiger partial charge in [-0.05, 0) is 26.3 Å². The van der Waals surface area contributed by atoms with Gasteiger partial charge in [-0.2, -0.15) is 0 Å². The Morgan fingerprint density at radius 3 is 3.00 bits per heavy atom. The van der Waals surface area contributed by atoms with E-state index in [9.17, 15) is 0 Å². The predicted molar refractivity (Wildman–Crippen MR) is 49.4 cm³/mol. The summed E-state index contributed by atoms with van der Waals surface area (Å²) >= 11 is 0. The van der Waals surface area contributed by atoms with Crippen molar-refractivity contribution in [1.29, 1.82) is 0 Å². The zero-order chi connectivity index (χ0) is 8.10. The summed E-state index contributed by atoms with van der Waals surface area (Å²) in [4.78, 5) is 2.36. The Hall–Kier alpha value is -0.415. The highest BCUT2D eigenvalue weighted by Crippen LogP contribution is 2.14. The van der Waals surface area contributed by atoms with Crippen molar-refractivity contribution in [3.63, 3.8) is 0 Å². The Kier molecular flexibility index (Phi) is 3.52. The molecule has 0 aromatic rings. The Balaban J connectivity index is 2.37. The average molecular weight is 148 g/mol. The lowest BCUT2D eigenvalue weighted by molar-refractivity contribution is 0.315. The van der Waals surface area contributed by atoms with Gasteiger partial charge in [0.1, 0.15) is 0 Å². The molecule has 0 spiro atoms. The molecule has 1 fully saturated rings. The first-order valence-electron chi connectivity index (χ1n) is 4.32. The van der Waals surface area contributed by atoms with Crippen molar-refractivity contribution in [1.82, 2.24) is 4.81 Å². The molecule has 1 aliphatic rings. The zero-order valence-corrected chi connectivity index (χ0v) is 7.43. The maximum Gasteiger partial charge on any atom is 0.205 e. The molecule has 1 atom stereocenters. The van der Waals surface area contributed by atoms with Gasteiger partial charge in [0, 0.05) is 12.5 Å². The number of nitrogens with zero attached hydrogens (tertiary/aromatic N) is 1. The van der Waals surface area contributed by atoms with Crippen LogP contribution in [0, 0.1) is 17.8 Å². The van der Waals surface area contributed by atoms with E-state index in [2.05, 4.69) is 30.9 Å². The highest BCUT2D eigenvalue weighted by Gasteiger charge is 2.16. The molecule has 0 aliphatic carbocycles. The molecule has 1 nitrogen and oxygen atoms in total. The van der Waals surface area contributed by atoms with E-state index in [1.807, 2.05) is 6.92 Å². The van der Waals surface area contributed by atoms with E-state index in [-0.39, 0.29) is 0 Å². The lowest BCUT2D eigenvalue weighted by Gasteiger charge is -2.28. The summed E-state index contributed by atoms with van der Waals surface area (Å²) in [6.45, 7) is 6.38. The summed E-state index contributed by atoms with van der Waals surface area (Å²) < 4.78 is 0. The van der Waals surface area contributed by atoms with Crippen molar-refractivity contribution in [2.45, 2.75) is 26.6 Å². The molecule has 1 rings (SSSR count). The molecular formula is C9H15BN. The van der Waals surface area contributed by atoms with Gasteiger partial charge in [-0.25, -0.2) is 0 Å². The summed E-state index contributed by atoms with van der Waals surface area (Å²) in [5, 5.41) is 0. The van der Waals surface area contributed by atoms with Crippen molar-refractivity contribution in [2.75, 3.05) is 13.1 Å². The molecule has 0 bridgehead atoms. The quantitative estimate of drug-likeness (QED) is 0.401. The summed E-state index contributed by atoms with van der Waals surface area (Å²) in [6.07, 6.45) is 2.58. The van der Waals surface area contributed by atoms with Crippen LogP contribution in [0.2, 0.25) is 6.82 Å². The van der Waals surface area contributed by atoms with Gasteiger partial charge in [-0.3, -0.25) is 0 Å². The second kappa shape index (κ2) is 4.46. The fourth-order valence-electron chi connectivity index (χ4n) is 1.56. The predicted octanol–water partition coefficient (Wildman–Crippen LogP) is 1.39. The van der Waals surface area contributed by atoms with E-state index in [0.717, 1.165) is 6.54 Å². The third-order valence-corrected chi connectivity index (χ3v) is 2.17. The third-order valence-electron chi connectivity index (χ3n) is 2.17. The Bertz CT molecular complexity index is 168. The minimum atomic E-state index is 0.616. The smallest absolute Gasteiger partial charge is 0.205 e. The van der Waals surface area contributed by atoms with Crippen molar-refractivity contribution >= 4 is 7.41 Å². The van der Waals surface area contributed by atoms with E-state index in [1.165, 1.54) is 19.4 Å². The Morgan fingerprint density at radius 2 is 2.36 bits per heavy atom. The van der Waals surface area contributed by atoms with E-state index in [1.54, 1.807) is 0 Å². The molecule has 1 saturated heterocycles. The highest BCUT2D eigenvalue weighted by molar-refractivity contribution is 6.29. The van der Waals surface area contributed by atoms with E-state index in [0.29, 0.717) is 5.92 Å². The van der Waals surface area contributed by atoms with Crippen LogP contribution in [-0.4, -0.2) is 25.3 Å². The second-order valence-corrected chi connectivity index (χ2v) is 2.99. The summed E-state index contributed by atoms with van der Waals surface area (Å²) in [5.74, 6) is 6.84. The largest absolute Gasteiger partial charge is 0.346 e. The normalized spacial score (nSPS) is 25.5. The summed E-state index contributed by atoms with van der Waals surface area (Å²) in [7, 11) is 2.17. The minimum absolute atomic E-state index is 0.616. The van der Waals surface area contributed by atoms with Gasteiger partial charge in [0.25, 0.3) is 0 Å². The lowest BCUT2D eigenvalue weighted by Crippen LogP contribution is -2.36. The molecule has 0 amide bonds. The van der Waals surface area contributed by atoms with Gasteiger partial charge >= 0.3 is 0 Å².